The fraction of sp³-hybridized carbons (Fsp3) is 0.292. The molecule has 3 rings (SSSR count). The first kappa shape index (κ1) is 21.9. The van der Waals surface area contributed by atoms with Gasteiger partial charge in [-0.3, -0.25) is 4.79 Å². The molecule has 1 atom stereocenters. The lowest BCUT2D eigenvalue weighted by atomic mass is 10.0. The third-order valence-corrected chi connectivity index (χ3v) is 4.81. The van der Waals surface area contributed by atoms with E-state index in [4.69, 9.17) is 14.2 Å². The Hall–Kier alpha value is -3.79. The zero-order chi connectivity index (χ0) is 22.4. The topological polar surface area (TPSA) is 97.7 Å². The van der Waals surface area contributed by atoms with Gasteiger partial charge in [-0.2, -0.15) is 5.26 Å². The number of nitriles is 1. The average molecular weight is 420 g/mol. The van der Waals surface area contributed by atoms with E-state index in [0.29, 0.717) is 23.0 Å². The lowest BCUT2D eigenvalue weighted by molar-refractivity contribution is -0.150. The maximum atomic E-state index is 12.3. The third-order valence-electron chi connectivity index (χ3n) is 4.81. The van der Waals surface area contributed by atoms with E-state index in [1.165, 1.54) is 13.0 Å². The van der Waals surface area contributed by atoms with Gasteiger partial charge < -0.3 is 19.5 Å². The molecule has 31 heavy (non-hydrogen) atoms. The van der Waals surface area contributed by atoms with Gasteiger partial charge in [-0.1, -0.05) is 44.2 Å². The van der Waals surface area contributed by atoms with Crippen molar-refractivity contribution in [2.75, 3.05) is 6.79 Å². The summed E-state index contributed by atoms with van der Waals surface area (Å²) in [5.41, 5.74) is 2.51. The second-order valence-corrected chi connectivity index (χ2v) is 7.44. The van der Waals surface area contributed by atoms with Crippen LogP contribution in [0.15, 0.2) is 48.0 Å². The minimum absolute atomic E-state index is 0.173. The lowest BCUT2D eigenvalue weighted by Gasteiger charge is -2.13. The monoisotopic (exact) mass is 420 g/mol. The maximum absolute atomic E-state index is 12.3. The molecule has 7 nitrogen and oxygen atoms in total. The minimum atomic E-state index is -1.05. The largest absolute Gasteiger partial charge is 0.454 e. The molecule has 7 heteroatoms. The SMILES string of the molecule is CC(C)c1ccc(/C=C(\C#N)C(=O)O[C@H](C)C(=O)NCc2ccc3c(c2)OCO3)cc1. The standard InChI is InChI=1S/C24H24N2O5/c1-15(2)19-7-4-17(5-8-19)10-20(12-25)24(28)31-16(3)23(27)26-13-18-6-9-21-22(11-18)30-14-29-21/h4-11,15-16H,13-14H2,1-3H3,(H,26,27)/b20-10+/t16-/m1/s1. The van der Waals surface area contributed by atoms with Crippen LogP contribution < -0.4 is 14.8 Å². The Labute approximate surface area is 181 Å². The highest BCUT2D eigenvalue weighted by atomic mass is 16.7. The number of hydrogen-bond donors (Lipinski definition) is 1. The second-order valence-electron chi connectivity index (χ2n) is 7.44. The van der Waals surface area contributed by atoms with E-state index in [0.717, 1.165) is 11.1 Å². The van der Waals surface area contributed by atoms with Crippen LogP contribution in [0.5, 0.6) is 11.5 Å². The van der Waals surface area contributed by atoms with E-state index in [9.17, 15) is 14.9 Å². The molecule has 1 N–H and O–H groups in total. The van der Waals surface area contributed by atoms with Crippen LogP contribution in [0.2, 0.25) is 0 Å². The van der Waals surface area contributed by atoms with Crippen LogP contribution in [0.4, 0.5) is 0 Å². The fourth-order valence-electron chi connectivity index (χ4n) is 2.94. The number of nitrogens with zero attached hydrogens (tertiary/aromatic N) is 1. The summed E-state index contributed by atoms with van der Waals surface area (Å²) in [4.78, 5) is 24.7. The number of hydrogen-bond acceptors (Lipinski definition) is 6. The van der Waals surface area contributed by atoms with Gasteiger partial charge in [0.15, 0.2) is 17.6 Å². The quantitative estimate of drug-likeness (QED) is 0.417. The molecular weight excluding hydrogens is 396 g/mol. The van der Waals surface area contributed by atoms with Crippen molar-refractivity contribution in [1.29, 1.82) is 5.26 Å². The van der Waals surface area contributed by atoms with E-state index in [1.807, 2.05) is 36.4 Å². The van der Waals surface area contributed by atoms with Crippen LogP contribution in [-0.4, -0.2) is 24.8 Å². The van der Waals surface area contributed by atoms with Gasteiger partial charge in [0.1, 0.15) is 11.6 Å². The molecule has 0 saturated carbocycles. The predicted octanol–water partition coefficient (Wildman–Crippen LogP) is 3.69. The van der Waals surface area contributed by atoms with Crippen LogP contribution in [0, 0.1) is 11.3 Å². The third kappa shape index (κ3) is 5.64. The van der Waals surface area contributed by atoms with Gasteiger partial charge >= 0.3 is 5.97 Å². The maximum Gasteiger partial charge on any atom is 0.349 e. The van der Waals surface area contributed by atoms with E-state index >= 15 is 0 Å². The van der Waals surface area contributed by atoms with E-state index in [2.05, 4.69) is 19.2 Å². The summed E-state index contributed by atoms with van der Waals surface area (Å²) >= 11 is 0. The minimum Gasteiger partial charge on any atom is -0.454 e. The van der Waals surface area contributed by atoms with Crippen LogP contribution in [-0.2, 0) is 20.9 Å². The molecule has 2 aromatic rings. The Kier molecular flexibility index (Phi) is 6.93. The highest BCUT2D eigenvalue weighted by Crippen LogP contribution is 2.32. The molecule has 1 heterocycles. The number of carbonyl (C=O) groups is 2. The Morgan fingerprint density at radius 2 is 1.84 bits per heavy atom. The van der Waals surface area contributed by atoms with Crippen LogP contribution in [0.1, 0.15) is 43.4 Å². The van der Waals surface area contributed by atoms with Crippen molar-refractivity contribution in [2.24, 2.45) is 0 Å². The first-order valence-corrected chi connectivity index (χ1v) is 9.96. The Morgan fingerprint density at radius 1 is 1.13 bits per heavy atom. The molecule has 160 valence electrons. The van der Waals surface area contributed by atoms with Gasteiger partial charge in [-0.15, -0.1) is 0 Å². The lowest BCUT2D eigenvalue weighted by Crippen LogP contribution is -2.35. The van der Waals surface area contributed by atoms with E-state index < -0.39 is 18.0 Å². The van der Waals surface area contributed by atoms with Crippen LogP contribution >= 0.6 is 0 Å². The highest BCUT2D eigenvalue weighted by Gasteiger charge is 2.21. The van der Waals surface area contributed by atoms with Gasteiger partial charge in [-0.05, 0) is 47.7 Å². The van der Waals surface area contributed by atoms with Crippen molar-refractivity contribution >= 4 is 18.0 Å². The number of esters is 1. The van der Waals surface area contributed by atoms with E-state index in [1.54, 1.807) is 12.1 Å². The fourth-order valence-corrected chi connectivity index (χ4v) is 2.94. The number of ether oxygens (including phenoxy) is 3. The van der Waals surface area contributed by atoms with E-state index in [-0.39, 0.29) is 18.9 Å². The number of fused-ring (bicyclic) bond motifs is 1. The summed E-state index contributed by atoms with van der Waals surface area (Å²) in [5, 5.41) is 12.0. The normalized spacial score (nSPS) is 13.5. The van der Waals surface area contributed by atoms with Crippen molar-refractivity contribution in [3.63, 3.8) is 0 Å². The molecule has 0 spiro atoms. The molecule has 0 aliphatic carbocycles. The Balaban J connectivity index is 1.56. The second kappa shape index (κ2) is 9.81. The van der Waals surface area contributed by atoms with Crippen molar-refractivity contribution in [2.45, 2.75) is 39.3 Å². The first-order chi connectivity index (χ1) is 14.9. The molecule has 0 saturated heterocycles. The van der Waals surface area contributed by atoms with Gasteiger partial charge in [0.25, 0.3) is 5.91 Å². The zero-order valence-electron chi connectivity index (χ0n) is 17.7. The molecule has 0 radical (unpaired) electrons. The zero-order valence-corrected chi connectivity index (χ0v) is 17.7. The van der Waals surface area contributed by atoms with Gasteiger partial charge in [0.05, 0.1) is 0 Å². The van der Waals surface area contributed by atoms with Gasteiger partial charge in [-0.25, -0.2) is 4.79 Å². The van der Waals surface area contributed by atoms with Crippen LogP contribution in [0.25, 0.3) is 6.08 Å². The summed E-state index contributed by atoms with van der Waals surface area (Å²) in [7, 11) is 0. The molecule has 1 aliphatic rings. The molecule has 0 unspecified atom stereocenters. The van der Waals surface area contributed by atoms with Crippen LogP contribution in [0.3, 0.4) is 0 Å². The van der Waals surface area contributed by atoms with Crippen molar-refractivity contribution < 1.29 is 23.8 Å². The van der Waals surface area contributed by atoms with Crippen molar-refractivity contribution in [1.82, 2.24) is 5.32 Å². The van der Waals surface area contributed by atoms with Crippen molar-refractivity contribution in [3.8, 4) is 17.6 Å². The molecule has 0 bridgehead atoms. The Bertz CT molecular complexity index is 1030. The Morgan fingerprint density at radius 3 is 2.52 bits per heavy atom. The molecule has 0 aromatic heterocycles. The molecule has 1 amide bonds. The first-order valence-electron chi connectivity index (χ1n) is 9.96. The summed E-state index contributed by atoms with van der Waals surface area (Å²) in [6, 6.07) is 14.8. The molecule has 1 aliphatic heterocycles. The number of amides is 1. The highest BCUT2D eigenvalue weighted by molar-refractivity contribution is 5.99. The molecule has 2 aromatic carbocycles. The van der Waals surface area contributed by atoms with Crippen molar-refractivity contribution in [3.05, 3.63) is 64.7 Å². The summed E-state index contributed by atoms with van der Waals surface area (Å²) in [6.45, 7) is 6.04. The smallest absolute Gasteiger partial charge is 0.349 e. The molecule has 0 fully saturated rings. The van der Waals surface area contributed by atoms with Gasteiger partial charge in [0, 0.05) is 6.54 Å². The number of nitrogens with one attached hydrogen (secondary N) is 1. The average Bonchev–Trinajstić information content (AvgIpc) is 3.23. The number of carbonyl (C=O) groups excluding carboxylic acids is 2. The van der Waals surface area contributed by atoms with Gasteiger partial charge in [0.2, 0.25) is 6.79 Å². The molecular formula is C24H24N2O5. The predicted molar refractivity (Wildman–Crippen MR) is 114 cm³/mol. The summed E-state index contributed by atoms with van der Waals surface area (Å²) in [6.07, 6.45) is 0.394. The summed E-state index contributed by atoms with van der Waals surface area (Å²) < 4.78 is 15.7. The number of rotatable bonds is 7. The summed E-state index contributed by atoms with van der Waals surface area (Å²) in [5.74, 6) is 0.352. The number of benzene rings is 2.